The van der Waals surface area contributed by atoms with Gasteiger partial charge in [0.1, 0.15) is 5.75 Å². The van der Waals surface area contributed by atoms with Gasteiger partial charge in [-0.15, -0.1) is 0 Å². The zero-order chi connectivity index (χ0) is 17.1. The number of carbonyl (C=O) groups is 2. The van der Waals surface area contributed by atoms with E-state index < -0.39 is 5.97 Å². The van der Waals surface area contributed by atoms with Crippen molar-refractivity contribution in [2.75, 3.05) is 19.6 Å². The molecule has 1 heterocycles. The highest BCUT2D eigenvalue weighted by Gasteiger charge is 2.25. The normalized spacial score (nSPS) is 17.5. The zero-order valence-electron chi connectivity index (χ0n) is 13.0. The van der Waals surface area contributed by atoms with Gasteiger partial charge in [0.15, 0.2) is 0 Å². The van der Waals surface area contributed by atoms with Crippen LogP contribution in [0.1, 0.15) is 32.3 Å². The third kappa shape index (κ3) is 3.38. The van der Waals surface area contributed by atoms with E-state index in [0.717, 1.165) is 11.6 Å². The summed E-state index contributed by atoms with van der Waals surface area (Å²) in [6.45, 7) is 1.66. The van der Waals surface area contributed by atoms with E-state index in [0.29, 0.717) is 19.6 Å². The molecule has 1 aliphatic rings. The summed E-state index contributed by atoms with van der Waals surface area (Å²) < 4.78 is 0. The molecule has 124 valence electrons. The van der Waals surface area contributed by atoms with Crippen molar-refractivity contribution in [3.63, 3.8) is 0 Å². The van der Waals surface area contributed by atoms with E-state index in [2.05, 4.69) is 5.32 Å². The van der Waals surface area contributed by atoms with Crippen LogP contribution >= 0.6 is 0 Å². The number of phenols is 1. The molecule has 0 radical (unpaired) electrons. The van der Waals surface area contributed by atoms with E-state index in [1.54, 1.807) is 4.90 Å². The van der Waals surface area contributed by atoms with Gasteiger partial charge in [-0.3, -0.25) is 4.79 Å². The minimum absolute atomic E-state index is 0.0279. The Morgan fingerprint density at radius 3 is 2.50 bits per heavy atom. The minimum atomic E-state index is -1.18. The molecule has 1 amide bonds. The summed E-state index contributed by atoms with van der Waals surface area (Å²) in [4.78, 5) is 25.5. The number of nitrogens with one attached hydrogen (secondary N) is 1. The Morgan fingerprint density at radius 1 is 1.08 bits per heavy atom. The molecule has 1 unspecified atom stereocenters. The maximum atomic E-state index is 12.7. The Hall–Kier alpha value is -2.86. The maximum Gasteiger partial charge on any atom is 0.335 e. The lowest BCUT2D eigenvalue weighted by atomic mass is 10.0. The van der Waals surface area contributed by atoms with Crippen LogP contribution in [0.25, 0.3) is 0 Å². The lowest BCUT2D eigenvalue weighted by molar-refractivity contribution is 0.0696. The summed E-state index contributed by atoms with van der Waals surface area (Å²) in [5.41, 5.74) is 1.17. The van der Waals surface area contributed by atoms with Gasteiger partial charge in [-0.2, -0.15) is 0 Å². The number of hydrogen-bond acceptors (Lipinski definition) is 4. The molecule has 1 aliphatic heterocycles. The number of carbonyl (C=O) groups excluding carboxylic acids is 1. The Morgan fingerprint density at radius 2 is 1.79 bits per heavy atom. The lowest BCUT2D eigenvalue weighted by Gasteiger charge is -2.34. The van der Waals surface area contributed by atoms with Crippen molar-refractivity contribution < 1.29 is 19.8 Å². The Kier molecular flexibility index (Phi) is 4.48. The number of aromatic carboxylic acids is 1. The first-order valence-electron chi connectivity index (χ1n) is 7.69. The molecule has 6 heteroatoms. The number of piperazine rings is 1. The van der Waals surface area contributed by atoms with Crippen LogP contribution in [0.4, 0.5) is 0 Å². The maximum absolute atomic E-state index is 12.7. The van der Waals surface area contributed by atoms with E-state index in [1.807, 2.05) is 30.3 Å². The van der Waals surface area contributed by atoms with Crippen LogP contribution in [0, 0.1) is 0 Å². The first kappa shape index (κ1) is 16.0. The fraction of sp³-hybridized carbons (Fsp3) is 0.222. The van der Waals surface area contributed by atoms with E-state index in [-0.39, 0.29) is 28.8 Å². The van der Waals surface area contributed by atoms with Gasteiger partial charge in [0.2, 0.25) is 0 Å². The Labute approximate surface area is 139 Å². The Bertz CT molecular complexity index is 761. The number of hydrogen-bond donors (Lipinski definition) is 3. The SMILES string of the molecule is O=C(O)c1cc(O)cc(C(=O)N2CCNC(c3ccccc3)C2)c1. The molecule has 6 nitrogen and oxygen atoms in total. The topological polar surface area (TPSA) is 89.9 Å². The number of carboxylic acids is 1. The zero-order valence-corrected chi connectivity index (χ0v) is 13.0. The molecule has 2 aromatic carbocycles. The Balaban J connectivity index is 1.81. The van der Waals surface area contributed by atoms with Gasteiger partial charge < -0.3 is 20.4 Å². The number of amides is 1. The molecular weight excluding hydrogens is 308 g/mol. The summed E-state index contributed by atoms with van der Waals surface area (Å²) in [5, 5.41) is 22.1. The average Bonchev–Trinajstić information content (AvgIpc) is 2.61. The van der Waals surface area contributed by atoms with E-state index >= 15 is 0 Å². The standard InChI is InChI=1S/C18H18N2O4/c21-15-9-13(8-14(10-15)18(23)24)17(22)20-7-6-19-16(11-20)12-4-2-1-3-5-12/h1-5,8-10,16,19,21H,6-7,11H2,(H,23,24). The van der Waals surface area contributed by atoms with Gasteiger partial charge in [-0.25, -0.2) is 4.79 Å². The van der Waals surface area contributed by atoms with Crippen LogP contribution in [0.15, 0.2) is 48.5 Å². The molecular formula is C18H18N2O4. The van der Waals surface area contributed by atoms with Crippen molar-refractivity contribution in [1.29, 1.82) is 0 Å². The van der Waals surface area contributed by atoms with Gasteiger partial charge in [-0.05, 0) is 23.8 Å². The van der Waals surface area contributed by atoms with Crippen molar-refractivity contribution in [2.45, 2.75) is 6.04 Å². The van der Waals surface area contributed by atoms with Gasteiger partial charge in [0.05, 0.1) is 5.56 Å². The molecule has 0 aromatic heterocycles. The molecule has 1 fully saturated rings. The van der Waals surface area contributed by atoms with Crippen molar-refractivity contribution in [2.24, 2.45) is 0 Å². The molecule has 3 rings (SSSR count). The summed E-state index contributed by atoms with van der Waals surface area (Å²) >= 11 is 0. The predicted molar refractivity (Wildman–Crippen MR) is 88.2 cm³/mol. The quantitative estimate of drug-likeness (QED) is 0.801. The molecule has 0 bridgehead atoms. The van der Waals surface area contributed by atoms with Crippen LogP contribution in [-0.2, 0) is 0 Å². The van der Waals surface area contributed by atoms with Crippen LogP contribution in [0.5, 0.6) is 5.75 Å². The van der Waals surface area contributed by atoms with Crippen molar-refractivity contribution in [1.82, 2.24) is 10.2 Å². The summed E-state index contributed by atoms with van der Waals surface area (Å²) in [6.07, 6.45) is 0. The van der Waals surface area contributed by atoms with Crippen LogP contribution < -0.4 is 5.32 Å². The molecule has 0 aliphatic carbocycles. The second kappa shape index (κ2) is 6.72. The van der Waals surface area contributed by atoms with Crippen LogP contribution in [0.3, 0.4) is 0 Å². The fourth-order valence-corrected chi connectivity index (χ4v) is 2.88. The highest BCUT2D eigenvalue weighted by atomic mass is 16.4. The van der Waals surface area contributed by atoms with Gasteiger partial charge in [-0.1, -0.05) is 30.3 Å². The second-order valence-electron chi connectivity index (χ2n) is 5.74. The van der Waals surface area contributed by atoms with Crippen LogP contribution in [0.2, 0.25) is 0 Å². The molecule has 3 N–H and O–H groups in total. The summed E-state index contributed by atoms with van der Waals surface area (Å²) in [7, 11) is 0. The summed E-state index contributed by atoms with van der Waals surface area (Å²) in [6, 6.07) is 13.6. The van der Waals surface area contributed by atoms with Gasteiger partial charge in [0.25, 0.3) is 5.91 Å². The van der Waals surface area contributed by atoms with Gasteiger partial charge in [0, 0.05) is 31.2 Å². The number of aromatic hydroxyl groups is 1. The number of carboxylic acid groups (broad SMARTS) is 1. The highest BCUT2D eigenvalue weighted by Crippen LogP contribution is 2.21. The molecule has 24 heavy (non-hydrogen) atoms. The molecule has 2 aromatic rings. The van der Waals surface area contributed by atoms with E-state index in [4.69, 9.17) is 5.11 Å². The number of benzene rings is 2. The van der Waals surface area contributed by atoms with Gasteiger partial charge >= 0.3 is 5.97 Å². The third-order valence-electron chi connectivity index (χ3n) is 4.08. The van der Waals surface area contributed by atoms with E-state index in [1.165, 1.54) is 12.1 Å². The first-order valence-corrected chi connectivity index (χ1v) is 7.69. The number of rotatable bonds is 3. The van der Waals surface area contributed by atoms with E-state index in [9.17, 15) is 14.7 Å². The first-order chi connectivity index (χ1) is 11.5. The molecule has 0 saturated carbocycles. The lowest BCUT2D eigenvalue weighted by Crippen LogP contribution is -2.48. The number of phenolic OH excluding ortho intramolecular Hbond substituents is 1. The second-order valence-corrected chi connectivity index (χ2v) is 5.74. The van der Waals surface area contributed by atoms with Crippen molar-refractivity contribution >= 4 is 11.9 Å². The van der Waals surface area contributed by atoms with Crippen LogP contribution in [-0.4, -0.2) is 46.6 Å². The monoisotopic (exact) mass is 326 g/mol. The summed E-state index contributed by atoms with van der Waals surface area (Å²) in [5.74, 6) is -1.69. The van der Waals surface area contributed by atoms with Crippen molar-refractivity contribution in [3.05, 3.63) is 65.2 Å². The third-order valence-corrected chi connectivity index (χ3v) is 4.08. The fourth-order valence-electron chi connectivity index (χ4n) is 2.88. The number of nitrogens with zero attached hydrogens (tertiary/aromatic N) is 1. The smallest absolute Gasteiger partial charge is 0.335 e. The van der Waals surface area contributed by atoms with Crippen molar-refractivity contribution in [3.8, 4) is 5.75 Å². The minimum Gasteiger partial charge on any atom is -0.508 e. The predicted octanol–water partition coefficient (Wildman–Crippen LogP) is 1.88. The molecule has 1 saturated heterocycles. The molecule has 1 atom stereocenters. The highest BCUT2D eigenvalue weighted by molar-refractivity contribution is 5.98. The molecule has 0 spiro atoms. The average molecular weight is 326 g/mol. The largest absolute Gasteiger partial charge is 0.508 e.